The molecule has 0 atom stereocenters. The van der Waals surface area contributed by atoms with Gasteiger partial charge in [-0.05, 0) is 23.8 Å². The summed E-state index contributed by atoms with van der Waals surface area (Å²) in [5.41, 5.74) is 1.54. The molecule has 2 aromatic carbocycles. The van der Waals surface area contributed by atoms with Gasteiger partial charge in [0.25, 0.3) is 5.69 Å². The summed E-state index contributed by atoms with van der Waals surface area (Å²) in [4.78, 5) is 10.3. The minimum atomic E-state index is -0.435. The number of alkyl halides is 1. The highest BCUT2D eigenvalue weighted by atomic mass is 35.5. The normalized spacial score (nSPS) is 10.3. The number of nitrogens with zero attached hydrogens (tertiary/aromatic N) is 1. The Kier molecular flexibility index (Phi) is 4.82. The van der Waals surface area contributed by atoms with Gasteiger partial charge in [-0.1, -0.05) is 23.7 Å². The maximum Gasteiger partial charge on any atom is 0.269 e. The molecule has 104 valence electrons. The fourth-order valence-corrected chi connectivity index (χ4v) is 2.12. The number of halogens is 2. The van der Waals surface area contributed by atoms with Gasteiger partial charge in [-0.2, -0.15) is 0 Å². The van der Waals surface area contributed by atoms with Gasteiger partial charge in [0.05, 0.1) is 10.8 Å². The molecule has 0 bridgehead atoms. The number of benzene rings is 2. The SMILES string of the molecule is O=[N+]([O-])c1cccc(COc2ccc(Cl)cc2CCl)c1. The van der Waals surface area contributed by atoms with Crippen LogP contribution in [0.5, 0.6) is 5.75 Å². The first kappa shape index (κ1) is 14.6. The van der Waals surface area contributed by atoms with Crippen LogP contribution in [0.4, 0.5) is 5.69 Å². The summed E-state index contributed by atoms with van der Waals surface area (Å²) in [5.74, 6) is 0.904. The maximum atomic E-state index is 10.7. The van der Waals surface area contributed by atoms with Crippen LogP contribution in [-0.4, -0.2) is 4.92 Å². The number of ether oxygens (including phenoxy) is 1. The molecule has 0 amide bonds. The van der Waals surface area contributed by atoms with Crippen molar-refractivity contribution < 1.29 is 9.66 Å². The van der Waals surface area contributed by atoms with Crippen LogP contribution >= 0.6 is 23.2 Å². The van der Waals surface area contributed by atoms with Crippen molar-refractivity contribution >= 4 is 28.9 Å². The van der Waals surface area contributed by atoms with Crippen molar-refractivity contribution in [2.24, 2.45) is 0 Å². The second kappa shape index (κ2) is 6.59. The smallest absolute Gasteiger partial charge is 0.269 e. The molecule has 0 aliphatic carbocycles. The van der Waals surface area contributed by atoms with Crippen molar-refractivity contribution in [1.29, 1.82) is 0 Å². The summed E-state index contributed by atoms with van der Waals surface area (Å²) >= 11 is 11.7. The first-order valence-corrected chi connectivity index (χ1v) is 6.72. The molecule has 0 radical (unpaired) electrons. The molecule has 0 saturated heterocycles. The highest BCUT2D eigenvalue weighted by Gasteiger charge is 2.08. The Morgan fingerprint density at radius 2 is 2.00 bits per heavy atom. The minimum absolute atomic E-state index is 0.0415. The van der Waals surface area contributed by atoms with Crippen molar-refractivity contribution in [3.05, 3.63) is 68.7 Å². The zero-order valence-electron chi connectivity index (χ0n) is 10.4. The van der Waals surface area contributed by atoms with E-state index in [-0.39, 0.29) is 18.2 Å². The first-order valence-electron chi connectivity index (χ1n) is 5.80. The number of nitro groups is 1. The van der Waals surface area contributed by atoms with Crippen LogP contribution in [0.1, 0.15) is 11.1 Å². The van der Waals surface area contributed by atoms with Gasteiger partial charge >= 0.3 is 0 Å². The highest BCUT2D eigenvalue weighted by Crippen LogP contribution is 2.25. The van der Waals surface area contributed by atoms with E-state index < -0.39 is 4.92 Å². The van der Waals surface area contributed by atoms with Crippen LogP contribution in [0.2, 0.25) is 5.02 Å². The highest BCUT2D eigenvalue weighted by molar-refractivity contribution is 6.30. The second-order valence-corrected chi connectivity index (χ2v) is 4.81. The fourth-order valence-electron chi connectivity index (χ4n) is 1.71. The van der Waals surface area contributed by atoms with Gasteiger partial charge in [-0.25, -0.2) is 0 Å². The Morgan fingerprint density at radius 1 is 1.20 bits per heavy atom. The lowest BCUT2D eigenvalue weighted by atomic mass is 10.2. The van der Waals surface area contributed by atoms with Crippen molar-refractivity contribution in [2.45, 2.75) is 12.5 Å². The zero-order chi connectivity index (χ0) is 14.5. The van der Waals surface area contributed by atoms with E-state index >= 15 is 0 Å². The molecular weight excluding hydrogens is 301 g/mol. The van der Waals surface area contributed by atoms with E-state index in [1.807, 2.05) is 0 Å². The third kappa shape index (κ3) is 3.62. The van der Waals surface area contributed by atoms with Crippen LogP contribution in [0.15, 0.2) is 42.5 Å². The quantitative estimate of drug-likeness (QED) is 0.462. The van der Waals surface area contributed by atoms with E-state index in [0.29, 0.717) is 10.8 Å². The summed E-state index contributed by atoms with van der Waals surface area (Å²) in [6, 6.07) is 11.5. The Hall–Kier alpha value is -1.78. The summed E-state index contributed by atoms with van der Waals surface area (Å²) < 4.78 is 5.64. The lowest BCUT2D eigenvalue weighted by molar-refractivity contribution is -0.384. The molecule has 4 nitrogen and oxygen atoms in total. The van der Waals surface area contributed by atoms with Gasteiger partial charge < -0.3 is 4.74 Å². The van der Waals surface area contributed by atoms with Crippen LogP contribution in [0, 0.1) is 10.1 Å². The van der Waals surface area contributed by atoms with Crippen molar-refractivity contribution in [3.8, 4) is 5.75 Å². The van der Waals surface area contributed by atoms with E-state index in [1.165, 1.54) is 12.1 Å². The molecule has 0 aliphatic rings. The van der Waals surface area contributed by atoms with Crippen LogP contribution < -0.4 is 4.74 Å². The second-order valence-electron chi connectivity index (χ2n) is 4.10. The molecule has 2 aromatic rings. The van der Waals surface area contributed by atoms with Gasteiger partial charge in [0.1, 0.15) is 12.4 Å². The molecule has 0 spiro atoms. The van der Waals surface area contributed by atoms with Crippen molar-refractivity contribution in [3.63, 3.8) is 0 Å². The van der Waals surface area contributed by atoms with Crippen LogP contribution in [0.25, 0.3) is 0 Å². The Balaban J connectivity index is 2.12. The molecule has 6 heteroatoms. The van der Waals surface area contributed by atoms with Crippen LogP contribution in [0.3, 0.4) is 0 Å². The molecule has 0 heterocycles. The van der Waals surface area contributed by atoms with E-state index in [2.05, 4.69) is 0 Å². The lowest BCUT2D eigenvalue weighted by Crippen LogP contribution is -1.99. The minimum Gasteiger partial charge on any atom is -0.489 e. The largest absolute Gasteiger partial charge is 0.489 e. The van der Waals surface area contributed by atoms with Gasteiger partial charge in [0, 0.05) is 22.7 Å². The monoisotopic (exact) mass is 311 g/mol. The van der Waals surface area contributed by atoms with Crippen molar-refractivity contribution in [1.82, 2.24) is 0 Å². The zero-order valence-corrected chi connectivity index (χ0v) is 11.9. The summed E-state index contributed by atoms with van der Waals surface area (Å²) in [5, 5.41) is 11.3. The Bertz CT molecular complexity index is 632. The standard InChI is InChI=1S/C14H11Cl2NO3/c15-8-11-7-12(16)4-5-14(11)20-9-10-2-1-3-13(6-10)17(18)19/h1-7H,8-9H2. The predicted molar refractivity (Wildman–Crippen MR) is 78.4 cm³/mol. The molecule has 2 rings (SSSR count). The number of nitro benzene ring substituents is 1. The fraction of sp³-hybridized carbons (Fsp3) is 0.143. The lowest BCUT2D eigenvalue weighted by Gasteiger charge is -2.10. The molecule has 0 N–H and O–H groups in total. The Morgan fingerprint density at radius 3 is 2.70 bits per heavy atom. The summed E-state index contributed by atoms with van der Waals surface area (Å²) in [6.45, 7) is 0.229. The Labute approximate surface area is 126 Å². The van der Waals surface area contributed by atoms with E-state index in [0.717, 1.165) is 11.1 Å². The number of non-ortho nitro benzene ring substituents is 1. The topological polar surface area (TPSA) is 52.4 Å². The molecule has 0 fully saturated rings. The third-order valence-electron chi connectivity index (χ3n) is 2.68. The molecule has 0 unspecified atom stereocenters. The van der Waals surface area contributed by atoms with Gasteiger partial charge in [-0.3, -0.25) is 10.1 Å². The first-order chi connectivity index (χ1) is 9.60. The summed E-state index contributed by atoms with van der Waals surface area (Å²) in [6.07, 6.45) is 0. The van der Waals surface area contributed by atoms with E-state index in [1.54, 1.807) is 30.3 Å². The third-order valence-corrected chi connectivity index (χ3v) is 3.21. The number of hydrogen-bond donors (Lipinski definition) is 0. The molecule has 0 aromatic heterocycles. The number of hydrogen-bond acceptors (Lipinski definition) is 3. The molecule has 0 aliphatic heterocycles. The predicted octanol–water partition coefficient (Wildman–Crippen LogP) is 4.57. The van der Waals surface area contributed by atoms with E-state index in [9.17, 15) is 10.1 Å². The number of rotatable bonds is 5. The summed E-state index contributed by atoms with van der Waals surface area (Å²) in [7, 11) is 0. The maximum absolute atomic E-state index is 10.7. The van der Waals surface area contributed by atoms with Crippen molar-refractivity contribution in [2.75, 3.05) is 0 Å². The van der Waals surface area contributed by atoms with Gasteiger partial charge in [-0.15, -0.1) is 11.6 Å². The van der Waals surface area contributed by atoms with Gasteiger partial charge in [0.2, 0.25) is 0 Å². The molecule has 20 heavy (non-hydrogen) atoms. The van der Waals surface area contributed by atoms with Crippen LogP contribution in [-0.2, 0) is 12.5 Å². The molecule has 0 saturated carbocycles. The average Bonchev–Trinajstić information content (AvgIpc) is 2.46. The average molecular weight is 312 g/mol. The van der Waals surface area contributed by atoms with Gasteiger partial charge in [0.15, 0.2) is 0 Å². The van der Waals surface area contributed by atoms with E-state index in [4.69, 9.17) is 27.9 Å². The molecular formula is C14H11Cl2NO3.